The number of carbonyl (C=O) groups is 2. The summed E-state index contributed by atoms with van der Waals surface area (Å²) in [6.07, 6.45) is 0. The van der Waals surface area contributed by atoms with E-state index in [1.54, 1.807) is 0 Å². The molecule has 0 rings (SSSR count). The Balaban J connectivity index is 3.35. The van der Waals surface area contributed by atoms with E-state index in [0.717, 1.165) is 0 Å². The largest absolute Gasteiger partial charge is 0.370 e. The number of alkyl halides is 2. The zero-order chi connectivity index (χ0) is 7.98. The summed E-state index contributed by atoms with van der Waals surface area (Å²) in [7, 11) is 0. The lowest BCUT2D eigenvalue weighted by molar-refractivity contribution is -0.254. The number of hydrogen-bond acceptors (Lipinski definition) is 4. The van der Waals surface area contributed by atoms with Crippen LogP contribution in [0.5, 0.6) is 0 Å². The van der Waals surface area contributed by atoms with Crippen molar-refractivity contribution in [3.63, 3.8) is 0 Å². The van der Waals surface area contributed by atoms with Gasteiger partial charge >= 0.3 is 11.9 Å². The maximum Gasteiger partial charge on any atom is 0.370 e. The summed E-state index contributed by atoms with van der Waals surface area (Å²) in [6.45, 7) is 0. The summed E-state index contributed by atoms with van der Waals surface area (Å²) in [5.41, 5.74) is 0. The molecular weight excluding hydrogens is 183 g/mol. The second-order valence-corrected chi connectivity index (χ2v) is 1.71. The third-order valence-electron chi connectivity index (χ3n) is 0.446. The zero-order valence-corrected chi connectivity index (χ0v) is 6.31. The third kappa shape index (κ3) is 4.40. The highest BCUT2D eigenvalue weighted by Crippen LogP contribution is 1.87. The zero-order valence-electron chi connectivity index (χ0n) is 4.80. The first-order valence-corrected chi connectivity index (χ1v) is 3.29. The highest BCUT2D eigenvalue weighted by Gasteiger charge is 2.05. The van der Waals surface area contributed by atoms with Gasteiger partial charge in [0.25, 0.3) is 0 Å². The Morgan fingerprint density at radius 3 is 1.50 bits per heavy atom. The molecule has 4 nitrogen and oxygen atoms in total. The predicted octanol–water partition coefficient (Wildman–Crippen LogP) is 0.465. The van der Waals surface area contributed by atoms with E-state index in [-0.39, 0.29) is 11.8 Å². The lowest BCUT2D eigenvalue weighted by Gasteiger charge is -1.96. The highest BCUT2D eigenvalue weighted by atomic mass is 35.5. The molecule has 0 aliphatic carbocycles. The van der Waals surface area contributed by atoms with Crippen LogP contribution in [0.3, 0.4) is 0 Å². The van der Waals surface area contributed by atoms with Crippen molar-refractivity contribution in [2.75, 3.05) is 11.8 Å². The van der Waals surface area contributed by atoms with Crippen LogP contribution in [0, 0.1) is 0 Å². The summed E-state index contributed by atoms with van der Waals surface area (Å²) >= 11 is 9.96. The Hall–Kier alpha value is -0.480. The summed E-state index contributed by atoms with van der Waals surface area (Å²) in [5, 5.41) is 0. The van der Waals surface area contributed by atoms with Gasteiger partial charge in [-0.15, -0.1) is 23.2 Å². The van der Waals surface area contributed by atoms with Crippen LogP contribution >= 0.6 is 23.2 Å². The minimum atomic E-state index is -0.833. The Bertz CT molecular complexity index is 119. The number of halogens is 2. The van der Waals surface area contributed by atoms with Crippen LogP contribution in [0.2, 0.25) is 0 Å². The van der Waals surface area contributed by atoms with Crippen molar-refractivity contribution >= 4 is 35.1 Å². The molecule has 0 aromatic rings. The van der Waals surface area contributed by atoms with E-state index in [2.05, 4.69) is 9.78 Å². The van der Waals surface area contributed by atoms with Gasteiger partial charge in [-0.25, -0.2) is 19.4 Å². The normalized spacial score (nSPS) is 8.60. The number of carbonyl (C=O) groups excluding carboxylic acids is 2. The highest BCUT2D eigenvalue weighted by molar-refractivity contribution is 6.27. The topological polar surface area (TPSA) is 52.6 Å². The molecule has 0 aliphatic heterocycles. The van der Waals surface area contributed by atoms with Crippen molar-refractivity contribution in [1.29, 1.82) is 0 Å². The molecule has 0 atom stereocenters. The third-order valence-corrected chi connectivity index (χ3v) is 0.882. The van der Waals surface area contributed by atoms with Crippen LogP contribution in [0.15, 0.2) is 0 Å². The lowest BCUT2D eigenvalue weighted by Crippen LogP contribution is -2.12. The Labute approximate surface area is 66.9 Å². The molecule has 6 heteroatoms. The van der Waals surface area contributed by atoms with E-state index < -0.39 is 11.9 Å². The van der Waals surface area contributed by atoms with Gasteiger partial charge in [0.1, 0.15) is 11.8 Å². The molecule has 0 heterocycles. The standard InChI is InChI=1S/C4H4Cl2O4/c5-1-3(7)9-10-4(8)2-6/h1-2H2. The van der Waals surface area contributed by atoms with Crippen LogP contribution in [-0.2, 0) is 19.4 Å². The van der Waals surface area contributed by atoms with E-state index in [9.17, 15) is 9.59 Å². The average Bonchev–Trinajstić information content (AvgIpc) is 1.99. The van der Waals surface area contributed by atoms with E-state index in [4.69, 9.17) is 23.2 Å². The molecule has 0 spiro atoms. The first-order valence-electron chi connectivity index (χ1n) is 2.22. The minimum absolute atomic E-state index is 0.366. The molecule has 0 bridgehead atoms. The summed E-state index contributed by atoms with van der Waals surface area (Å²) in [6, 6.07) is 0. The molecule has 10 heavy (non-hydrogen) atoms. The van der Waals surface area contributed by atoms with Gasteiger partial charge in [0.05, 0.1) is 0 Å². The minimum Gasteiger partial charge on any atom is -0.246 e. The summed E-state index contributed by atoms with van der Waals surface area (Å²) < 4.78 is 0. The van der Waals surface area contributed by atoms with Crippen LogP contribution < -0.4 is 0 Å². The molecule has 0 N–H and O–H groups in total. The second kappa shape index (κ2) is 5.32. The van der Waals surface area contributed by atoms with Crippen LogP contribution in [0.4, 0.5) is 0 Å². The Morgan fingerprint density at radius 2 is 1.30 bits per heavy atom. The van der Waals surface area contributed by atoms with Crippen molar-refractivity contribution in [2.24, 2.45) is 0 Å². The first-order chi connectivity index (χ1) is 4.70. The van der Waals surface area contributed by atoms with Crippen molar-refractivity contribution in [2.45, 2.75) is 0 Å². The molecule has 0 aliphatic rings. The summed E-state index contributed by atoms with van der Waals surface area (Å²) in [5.74, 6) is -2.40. The van der Waals surface area contributed by atoms with Gasteiger partial charge in [-0.3, -0.25) is 0 Å². The van der Waals surface area contributed by atoms with Crippen LogP contribution in [0.25, 0.3) is 0 Å². The molecule has 0 aromatic carbocycles. The molecule has 0 unspecified atom stereocenters. The molecular formula is C4H4Cl2O4. The van der Waals surface area contributed by atoms with Gasteiger partial charge < -0.3 is 0 Å². The average molecular weight is 187 g/mol. The van der Waals surface area contributed by atoms with Gasteiger partial charge in [0, 0.05) is 0 Å². The first kappa shape index (κ1) is 9.52. The quantitative estimate of drug-likeness (QED) is 0.358. The van der Waals surface area contributed by atoms with Gasteiger partial charge in [-0.1, -0.05) is 0 Å². The maximum absolute atomic E-state index is 10.2. The monoisotopic (exact) mass is 186 g/mol. The fourth-order valence-corrected chi connectivity index (χ4v) is 0.227. The summed E-state index contributed by atoms with van der Waals surface area (Å²) in [4.78, 5) is 28.0. The molecule has 0 saturated carbocycles. The Morgan fingerprint density at radius 1 is 1.00 bits per heavy atom. The smallest absolute Gasteiger partial charge is 0.246 e. The maximum atomic E-state index is 10.2. The van der Waals surface area contributed by atoms with Crippen LogP contribution in [0.1, 0.15) is 0 Å². The van der Waals surface area contributed by atoms with E-state index in [0.29, 0.717) is 0 Å². The number of rotatable bonds is 2. The van der Waals surface area contributed by atoms with Crippen molar-refractivity contribution in [3.8, 4) is 0 Å². The number of hydrogen-bond donors (Lipinski definition) is 0. The van der Waals surface area contributed by atoms with Crippen LogP contribution in [-0.4, -0.2) is 23.7 Å². The molecule has 58 valence electrons. The molecule has 0 amide bonds. The Kier molecular flexibility index (Phi) is 5.06. The second-order valence-electron chi connectivity index (χ2n) is 1.18. The van der Waals surface area contributed by atoms with E-state index in [1.807, 2.05) is 0 Å². The van der Waals surface area contributed by atoms with E-state index in [1.165, 1.54) is 0 Å². The molecule has 0 radical (unpaired) electrons. The fourth-order valence-electron chi connectivity index (χ4n) is 0.137. The van der Waals surface area contributed by atoms with Gasteiger partial charge in [-0.05, 0) is 0 Å². The molecule has 0 saturated heterocycles. The van der Waals surface area contributed by atoms with Crippen molar-refractivity contribution < 1.29 is 19.4 Å². The van der Waals surface area contributed by atoms with Gasteiger partial charge in [-0.2, -0.15) is 0 Å². The van der Waals surface area contributed by atoms with Gasteiger partial charge in [0.2, 0.25) is 0 Å². The fraction of sp³-hybridized carbons (Fsp3) is 0.500. The van der Waals surface area contributed by atoms with Crippen molar-refractivity contribution in [1.82, 2.24) is 0 Å². The van der Waals surface area contributed by atoms with Gasteiger partial charge in [0.15, 0.2) is 0 Å². The van der Waals surface area contributed by atoms with Crippen molar-refractivity contribution in [3.05, 3.63) is 0 Å². The predicted molar refractivity (Wildman–Crippen MR) is 33.6 cm³/mol. The lowest BCUT2D eigenvalue weighted by atomic mass is 10.8. The van der Waals surface area contributed by atoms with E-state index >= 15 is 0 Å². The molecule has 0 aromatic heterocycles. The molecule has 0 fully saturated rings. The SMILES string of the molecule is O=C(CCl)OOC(=O)CCl.